The summed E-state index contributed by atoms with van der Waals surface area (Å²) in [4.78, 5) is 26.3. The Hall–Kier alpha value is -2.57. The molecule has 0 atom stereocenters. The standard InChI is InChI=1S/C12H15N3O4/c1-18-10-4-2-9(3-5-10)6-15-19-8-12(17)14-7-11(13)16/h2-6H,7-8H2,1H3,(H2,13,16)(H,14,17)/b15-6-. The van der Waals surface area contributed by atoms with Gasteiger partial charge in [0.05, 0.1) is 19.9 Å². The molecule has 1 aromatic rings. The van der Waals surface area contributed by atoms with Crippen LogP contribution in [0.2, 0.25) is 0 Å². The first kappa shape index (κ1) is 14.5. The third-order valence-electron chi connectivity index (χ3n) is 2.05. The van der Waals surface area contributed by atoms with Gasteiger partial charge in [-0.25, -0.2) is 0 Å². The third-order valence-corrected chi connectivity index (χ3v) is 2.05. The van der Waals surface area contributed by atoms with Crippen molar-refractivity contribution in [3.63, 3.8) is 0 Å². The lowest BCUT2D eigenvalue weighted by Crippen LogP contribution is -2.35. The molecule has 0 aliphatic carbocycles. The van der Waals surface area contributed by atoms with Gasteiger partial charge in [0.1, 0.15) is 5.75 Å². The van der Waals surface area contributed by atoms with Crippen molar-refractivity contribution in [1.82, 2.24) is 5.32 Å². The molecule has 2 amide bonds. The molecule has 1 rings (SSSR count). The number of hydrogen-bond acceptors (Lipinski definition) is 5. The topological polar surface area (TPSA) is 103 Å². The summed E-state index contributed by atoms with van der Waals surface area (Å²) in [5.41, 5.74) is 5.66. The van der Waals surface area contributed by atoms with Gasteiger partial charge in [0.25, 0.3) is 5.91 Å². The van der Waals surface area contributed by atoms with Crippen molar-refractivity contribution < 1.29 is 19.2 Å². The average Bonchev–Trinajstić information content (AvgIpc) is 2.42. The lowest BCUT2D eigenvalue weighted by atomic mass is 10.2. The number of carbonyl (C=O) groups is 2. The molecule has 0 bridgehead atoms. The molecule has 3 N–H and O–H groups in total. The van der Waals surface area contributed by atoms with Crippen LogP contribution in [0, 0.1) is 0 Å². The van der Waals surface area contributed by atoms with Gasteiger partial charge >= 0.3 is 0 Å². The number of nitrogens with one attached hydrogen (secondary N) is 1. The molecular formula is C12H15N3O4. The normalized spacial score (nSPS) is 10.2. The summed E-state index contributed by atoms with van der Waals surface area (Å²) in [5, 5.41) is 5.89. The van der Waals surface area contributed by atoms with E-state index in [4.69, 9.17) is 15.3 Å². The summed E-state index contributed by atoms with van der Waals surface area (Å²) in [5.74, 6) is -0.343. The van der Waals surface area contributed by atoms with Crippen LogP contribution in [0.1, 0.15) is 5.56 Å². The van der Waals surface area contributed by atoms with Crippen molar-refractivity contribution in [2.24, 2.45) is 10.9 Å². The lowest BCUT2D eigenvalue weighted by molar-refractivity contribution is -0.128. The Morgan fingerprint density at radius 1 is 1.37 bits per heavy atom. The molecule has 0 radical (unpaired) electrons. The highest BCUT2D eigenvalue weighted by Gasteiger charge is 2.02. The van der Waals surface area contributed by atoms with E-state index >= 15 is 0 Å². The molecular weight excluding hydrogens is 250 g/mol. The Morgan fingerprint density at radius 2 is 2.05 bits per heavy atom. The number of amides is 2. The van der Waals surface area contributed by atoms with Crippen LogP contribution in [0.4, 0.5) is 0 Å². The van der Waals surface area contributed by atoms with Gasteiger partial charge in [0.2, 0.25) is 5.91 Å². The van der Waals surface area contributed by atoms with Crippen molar-refractivity contribution in [2.75, 3.05) is 20.3 Å². The van der Waals surface area contributed by atoms with Gasteiger partial charge in [0, 0.05) is 0 Å². The first-order valence-corrected chi connectivity index (χ1v) is 5.46. The second-order valence-electron chi connectivity index (χ2n) is 3.52. The fraction of sp³-hybridized carbons (Fsp3) is 0.250. The van der Waals surface area contributed by atoms with Crippen LogP contribution in [0.15, 0.2) is 29.4 Å². The molecule has 0 aromatic heterocycles. The van der Waals surface area contributed by atoms with Gasteiger partial charge in [-0.05, 0) is 29.8 Å². The summed E-state index contributed by atoms with van der Waals surface area (Å²) in [7, 11) is 1.58. The molecule has 0 saturated carbocycles. The van der Waals surface area contributed by atoms with E-state index in [1.807, 2.05) is 0 Å². The van der Waals surface area contributed by atoms with Gasteiger partial charge in [0.15, 0.2) is 6.61 Å². The van der Waals surface area contributed by atoms with Gasteiger partial charge in [-0.3, -0.25) is 9.59 Å². The zero-order valence-corrected chi connectivity index (χ0v) is 10.5. The highest BCUT2D eigenvalue weighted by molar-refractivity contribution is 5.84. The fourth-order valence-corrected chi connectivity index (χ4v) is 1.12. The van der Waals surface area contributed by atoms with E-state index in [-0.39, 0.29) is 13.2 Å². The minimum Gasteiger partial charge on any atom is -0.497 e. The summed E-state index contributed by atoms with van der Waals surface area (Å²) in [6.07, 6.45) is 1.46. The van der Waals surface area contributed by atoms with Crippen LogP contribution >= 0.6 is 0 Å². The minimum absolute atomic E-state index is 0.218. The van der Waals surface area contributed by atoms with Gasteiger partial charge in [-0.15, -0.1) is 0 Å². The zero-order valence-electron chi connectivity index (χ0n) is 10.5. The smallest absolute Gasteiger partial charge is 0.261 e. The van der Waals surface area contributed by atoms with Crippen molar-refractivity contribution in [3.8, 4) is 5.75 Å². The van der Waals surface area contributed by atoms with Gasteiger partial charge < -0.3 is 20.6 Å². The lowest BCUT2D eigenvalue weighted by Gasteiger charge is -2.01. The highest BCUT2D eigenvalue weighted by Crippen LogP contribution is 2.09. The number of nitrogens with zero attached hydrogens (tertiary/aromatic N) is 1. The van der Waals surface area contributed by atoms with Gasteiger partial charge in [-0.1, -0.05) is 5.16 Å². The van der Waals surface area contributed by atoms with Crippen LogP contribution in [0.5, 0.6) is 5.75 Å². The van der Waals surface area contributed by atoms with Crippen LogP contribution in [0.25, 0.3) is 0 Å². The van der Waals surface area contributed by atoms with Crippen LogP contribution in [-0.2, 0) is 14.4 Å². The van der Waals surface area contributed by atoms with Gasteiger partial charge in [-0.2, -0.15) is 0 Å². The van der Waals surface area contributed by atoms with Crippen LogP contribution < -0.4 is 15.8 Å². The summed E-state index contributed by atoms with van der Waals surface area (Å²) < 4.78 is 5.01. The molecule has 0 fully saturated rings. The molecule has 0 unspecified atom stereocenters. The predicted molar refractivity (Wildman–Crippen MR) is 68.7 cm³/mol. The Bertz CT molecular complexity index is 457. The molecule has 19 heavy (non-hydrogen) atoms. The molecule has 7 heteroatoms. The predicted octanol–water partition coefficient (Wildman–Crippen LogP) is -0.353. The van der Waals surface area contributed by atoms with E-state index in [0.717, 1.165) is 11.3 Å². The molecule has 0 heterocycles. The quantitative estimate of drug-likeness (QED) is 0.519. The Labute approximate surface area is 110 Å². The van der Waals surface area contributed by atoms with E-state index in [9.17, 15) is 9.59 Å². The number of nitrogens with two attached hydrogens (primary N) is 1. The number of rotatable bonds is 7. The van der Waals surface area contributed by atoms with E-state index in [2.05, 4.69) is 10.5 Å². The first-order valence-electron chi connectivity index (χ1n) is 5.46. The molecule has 1 aromatic carbocycles. The SMILES string of the molecule is COc1ccc(/C=N\OCC(=O)NCC(N)=O)cc1. The van der Waals surface area contributed by atoms with Crippen molar-refractivity contribution in [3.05, 3.63) is 29.8 Å². The van der Waals surface area contributed by atoms with E-state index < -0.39 is 11.8 Å². The first-order chi connectivity index (χ1) is 9.11. The Morgan fingerprint density at radius 3 is 2.63 bits per heavy atom. The Kier molecular flexibility index (Phi) is 5.87. The zero-order chi connectivity index (χ0) is 14.1. The maximum absolute atomic E-state index is 11.1. The maximum atomic E-state index is 11.1. The molecule has 7 nitrogen and oxygen atoms in total. The van der Waals surface area contributed by atoms with E-state index in [1.54, 1.807) is 31.4 Å². The Balaban J connectivity index is 2.29. The number of benzene rings is 1. The largest absolute Gasteiger partial charge is 0.497 e. The maximum Gasteiger partial charge on any atom is 0.261 e. The molecule has 0 aliphatic rings. The van der Waals surface area contributed by atoms with E-state index in [0.29, 0.717) is 0 Å². The van der Waals surface area contributed by atoms with Crippen LogP contribution in [0.3, 0.4) is 0 Å². The minimum atomic E-state index is -0.616. The number of oxime groups is 1. The van der Waals surface area contributed by atoms with Crippen molar-refractivity contribution in [2.45, 2.75) is 0 Å². The molecule has 0 aliphatic heterocycles. The van der Waals surface area contributed by atoms with Crippen LogP contribution in [-0.4, -0.2) is 38.3 Å². The number of ether oxygens (including phenoxy) is 1. The number of hydrogen-bond donors (Lipinski definition) is 2. The number of primary amides is 1. The van der Waals surface area contributed by atoms with Crippen molar-refractivity contribution >= 4 is 18.0 Å². The summed E-state index contributed by atoms with van der Waals surface area (Å²) in [6, 6.07) is 7.14. The summed E-state index contributed by atoms with van der Waals surface area (Å²) in [6.45, 7) is -0.496. The molecule has 0 spiro atoms. The highest BCUT2D eigenvalue weighted by atomic mass is 16.6. The second kappa shape index (κ2) is 7.70. The second-order valence-corrected chi connectivity index (χ2v) is 3.52. The number of carbonyl (C=O) groups excluding carboxylic acids is 2. The summed E-state index contributed by atoms with van der Waals surface area (Å²) >= 11 is 0. The number of methoxy groups -OCH3 is 1. The third kappa shape index (κ3) is 6.06. The fourth-order valence-electron chi connectivity index (χ4n) is 1.12. The molecule has 0 saturated heterocycles. The monoisotopic (exact) mass is 265 g/mol. The van der Waals surface area contributed by atoms with Crippen molar-refractivity contribution in [1.29, 1.82) is 0 Å². The van der Waals surface area contributed by atoms with E-state index in [1.165, 1.54) is 6.21 Å². The molecule has 102 valence electrons. The average molecular weight is 265 g/mol.